The number of hydrogen-bond donors (Lipinski definition) is 0. The highest BCUT2D eigenvalue weighted by molar-refractivity contribution is 5.74. The van der Waals surface area contributed by atoms with Crippen molar-refractivity contribution < 1.29 is 14.3 Å². The summed E-state index contributed by atoms with van der Waals surface area (Å²) in [5.41, 5.74) is 2.27. The van der Waals surface area contributed by atoms with Gasteiger partial charge in [-0.2, -0.15) is 0 Å². The van der Waals surface area contributed by atoms with Gasteiger partial charge in [0.1, 0.15) is 5.75 Å². The van der Waals surface area contributed by atoms with Crippen molar-refractivity contribution in [3.63, 3.8) is 0 Å². The van der Waals surface area contributed by atoms with Crippen LogP contribution in [0, 0.1) is 0 Å². The van der Waals surface area contributed by atoms with Crippen molar-refractivity contribution in [3.05, 3.63) is 54.6 Å². The summed E-state index contributed by atoms with van der Waals surface area (Å²) >= 11 is 0. The quantitative estimate of drug-likeness (QED) is 0.750. The summed E-state index contributed by atoms with van der Waals surface area (Å²) in [5, 5.41) is 0. The zero-order chi connectivity index (χ0) is 15.1. The highest BCUT2D eigenvalue weighted by Crippen LogP contribution is 2.22. The van der Waals surface area contributed by atoms with Crippen molar-refractivity contribution in [2.75, 3.05) is 6.61 Å². The van der Waals surface area contributed by atoms with E-state index in [1.54, 1.807) is 6.92 Å². The van der Waals surface area contributed by atoms with Crippen LogP contribution in [0.4, 0.5) is 0 Å². The molecular formula is C18H20O3. The molecule has 3 nitrogen and oxygen atoms in total. The second-order valence-corrected chi connectivity index (χ2v) is 4.82. The third-order valence-electron chi connectivity index (χ3n) is 3.05. The SMILES string of the molecule is CCCOC(=O)C(C)Oc1ccc(-c2ccccc2)cc1. The fourth-order valence-corrected chi connectivity index (χ4v) is 1.93. The van der Waals surface area contributed by atoms with Crippen LogP contribution in [0.3, 0.4) is 0 Å². The standard InChI is InChI=1S/C18H20O3/c1-3-13-20-18(19)14(2)21-17-11-9-16(10-12-17)15-7-5-4-6-8-15/h4-12,14H,3,13H2,1-2H3. The molecule has 1 atom stereocenters. The first-order chi connectivity index (χ1) is 10.2. The lowest BCUT2D eigenvalue weighted by Crippen LogP contribution is -2.26. The summed E-state index contributed by atoms with van der Waals surface area (Å²) < 4.78 is 10.6. The van der Waals surface area contributed by atoms with Crippen molar-refractivity contribution in [2.45, 2.75) is 26.4 Å². The maximum absolute atomic E-state index is 11.6. The van der Waals surface area contributed by atoms with Crippen LogP contribution in [-0.4, -0.2) is 18.7 Å². The Morgan fingerprint density at radius 3 is 2.24 bits per heavy atom. The fraction of sp³-hybridized carbons (Fsp3) is 0.278. The van der Waals surface area contributed by atoms with Gasteiger partial charge in [0.2, 0.25) is 0 Å². The third-order valence-corrected chi connectivity index (χ3v) is 3.05. The molecule has 0 saturated carbocycles. The molecule has 0 amide bonds. The van der Waals surface area contributed by atoms with Crippen molar-refractivity contribution in [1.82, 2.24) is 0 Å². The van der Waals surface area contributed by atoms with E-state index in [4.69, 9.17) is 9.47 Å². The van der Waals surface area contributed by atoms with Gasteiger partial charge < -0.3 is 9.47 Å². The predicted molar refractivity (Wildman–Crippen MR) is 83.2 cm³/mol. The van der Waals surface area contributed by atoms with E-state index < -0.39 is 6.10 Å². The number of rotatable bonds is 6. The Morgan fingerprint density at radius 1 is 1.00 bits per heavy atom. The minimum absolute atomic E-state index is 0.330. The molecule has 110 valence electrons. The van der Waals surface area contributed by atoms with Crippen molar-refractivity contribution in [1.29, 1.82) is 0 Å². The topological polar surface area (TPSA) is 35.5 Å². The summed E-state index contributed by atoms with van der Waals surface area (Å²) in [6.45, 7) is 4.09. The normalized spacial score (nSPS) is 11.7. The number of carbonyl (C=O) groups is 1. The van der Waals surface area contributed by atoms with E-state index in [9.17, 15) is 4.79 Å². The fourth-order valence-electron chi connectivity index (χ4n) is 1.93. The van der Waals surface area contributed by atoms with Gasteiger partial charge in [-0.1, -0.05) is 49.4 Å². The molecule has 1 unspecified atom stereocenters. The molecular weight excluding hydrogens is 264 g/mol. The van der Waals surface area contributed by atoms with Crippen LogP contribution in [0.5, 0.6) is 5.75 Å². The molecule has 0 aliphatic carbocycles. The van der Waals surface area contributed by atoms with Crippen LogP contribution in [0.15, 0.2) is 54.6 Å². The Hall–Kier alpha value is -2.29. The van der Waals surface area contributed by atoms with E-state index in [-0.39, 0.29) is 5.97 Å². The molecule has 0 aliphatic rings. The Morgan fingerprint density at radius 2 is 1.62 bits per heavy atom. The molecule has 0 aliphatic heterocycles. The molecule has 0 heterocycles. The van der Waals surface area contributed by atoms with Crippen LogP contribution in [0.1, 0.15) is 20.3 Å². The van der Waals surface area contributed by atoms with Gasteiger partial charge in [0.05, 0.1) is 6.61 Å². The van der Waals surface area contributed by atoms with Crippen LogP contribution >= 0.6 is 0 Å². The van der Waals surface area contributed by atoms with E-state index in [1.165, 1.54) is 0 Å². The molecule has 2 aromatic carbocycles. The van der Waals surface area contributed by atoms with E-state index in [0.717, 1.165) is 17.5 Å². The third kappa shape index (κ3) is 4.35. The molecule has 0 radical (unpaired) electrons. The molecule has 2 rings (SSSR count). The lowest BCUT2D eigenvalue weighted by molar-refractivity contribution is -0.151. The average molecular weight is 284 g/mol. The highest BCUT2D eigenvalue weighted by Gasteiger charge is 2.15. The van der Waals surface area contributed by atoms with Crippen LogP contribution < -0.4 is 4.74 Å². The summed E-state index contributed by atoms with van der Waals surface area (Å²) in [5.74, 6) is 0.333. The predicted octanol–water partition coefficient (Wildman–Crippen LogP) is 4.07. The van der Waals surface area contributed by atoms with Gasteiger partial charge in [0.15, 0.2) is 6.10 Å². The molecule has 0 N–H and O–H groups in total. The molecule has 0 spiro atoms. The zero-order valence-electron chi connectivity index (χ0n) is 12.4. The monoisotopic (exact) mass is 284 g/mol. The summed E-state index contributed by atoms with van der Waals surface area (Å²) in [7, 11) is 0. The van der Waals surface area contributed by atoms with Gasteiger partial charge in [-0.3, -0.25) is 0 Å². The first-order valence-electron chi connectivity index (χ1n) is 7.19. The first-order valence-corrected chi connectivity index (χ1v) is 7.19. The summed E-state index contributed by atoms with van der Waals surface area (Å²) in [6, 6.07) is 17.8. The lowest BCUT2D eigenvalue weighted by atomic mass is 10.1. The van der Waals surface area contributed by atoms with Gasteiger partial charge in [-0.15, -0.1) is 0 Å². The van der Waals surface area contributed by atoms with E-state index in [1.807, 2.05) is 49.4 Å². The van der Waals surface area contributed by atoms with Gasteiger partial charge in [-0.05, 0) is 36.6 Å². The van der Waals surface area contributed by atoms with Gasteiger partial charge >= 0.3 is 5.97 Å². The van der Waals surface area contributed by atoms with Gasteiger partial charge in [-0.25, -0.2) is 4.79 Å². The highest BCUT2D eigenvalue weighted by atomic mass is 16.6. The van der Waals surface area contributed by atoms with Gasteiger partial charge in [0.25, 0.3) is 0 Å². The van der Waals surface area contributed by atoms with E-state index in [2.05, 4.69) is 12.1 Å². The summed E-state index contributed by atoms with van der Waals surface area (Å²) in [6.07, 6.45) is 0.212. The Balaban J connectivity index is 1.98. The number of carbonyl (C=O) groups excluding carboxylic acids is 1. The molecule has 0 bridgehead atoms. The average Bonchev–Trinajstić information content (AvgIpc) is 2.54. The Bertz CT molecular complexity index is 561. The van der Waals surface area contributed by atoms with Crippen LogP contribution in [0.25, 0.3) is 11.1 Å². The maximum atomic E-state index is 11.6. The minimum Gasteiger partial charge on any atom is -0.479 e. The van der Waals surface area contributed by atoms with Crippen molar-refractivity contribution in [2.24, 2.45) is 0 Å². The van der Waals surface area contributed by atoms with Crippen molar-refractivity contribution in [3.8, 4) is 16.9 Å². The maximum Gasteiger partial charge on any atom is 0.347 e. The lowest BCUT2D eigenvalue weighted by Gasteiger charge is -2.14. The number of ether oxygens (including phenoxy) is 2. The van der Waals surface area contributed by atoms with E-state index >= 15 is 0 Å². The number of esters is 1. The van der Waals surface area contributed by atoms with Crippen molar-refractivity contribution >= 4 is 5.97 Å². The largest absolute Gasteiger partial charge is 0.479 e. The molecule has 2 aromatic rings. The minimum atomic E-state index is -0.598. The van der Waals surface area contributed by atoms with Gasteiger partial charge in [0, 0.05) is 0 Å². The Kier molecular flexibility index (Phi) is 5.38. The molecule has 0 aromatic heterocycles. The smallest absolute Gasteiger partial charge is 0.347 e. The first kappa shape index (κ1) is 15.1. The van der Waals surface area contributed by atoms with Crippen LogP contribution in [-0.2, 0) is 9.53 Å². The number of hydrogen-bond acceptors (Lipinski definition) is 3. The molecule has 0 saturated heterocycles. The molecule has 21 heavy (non-hydrogen) atoms. The van der Waals surface area contributed by atoms with E-state index in [0.29, 0.717) is 12.4 Å². The number of benzene rings is 2. The Labute approximate surface area is 125 Å². The molecule has 3 heteroatoms. The van der Waals surface area contributed by atoms with Crippen LogP contribution in [0.2, 0.25) is 0 Å². The second-order valence-electron chi connectivity index (χ2n) is 4.82. The second kappa shape index (κ2) is 7.48. The zero-order valence-corrected chi connectivity index (χ0v) is 12.4. The molecule has 0 fully saturated rings. The summed E-state index contributed by atoms with van der Waals surface area (Å²) in [4.78, 5) is 11.6.